The van der Waals surface area contributed by atoms with Crippen LogP contribution in [0.25, 0.3) is 0 Å². The molecule has 0 radical (unpaired) electrons. The van der Waals surface area contributed by atoms with Crippen molar-refractivity contribution in [3.8, 4) is 11.5 Å². The maximum absolute atomic E-state index is 13.1. The molecule has 2 aromatic carbocycles. The average molecular weight is 566 g/mol. The topological polar surface area (TPSA) is 90.9 Å². The number of nitrogens with one attached hydrogen (secondary N) is 1. The molecule has 0 saturated carbocycles. The molecule has 0 atom stereocenters. The van der Waals surface area contributed by atoms with Crippen molar-refractivity contribution in [2.75, 3.05) is 18.5 Å². The Morgan fingerprint density at radius 2 is 1.62 bits per heavy atom. The van der Waals surface area contributed by atoms with Crippen LogP contribution in [0.15, 0.2) is 69.6 Å². The lowest BCUT2D eigenvalue weighted by Gasteiger charge is -2.36. The fourth-order valence-corrected chi connectivity index (χ4v) is 5.74. The summed E-state index contributed by atoms with van der Waals surface area (Å²) in [7, 11) is 0. The van der Waals surface area contributed by atoms with Crippen LogP contribution in [-0.4, -0.2) is 30.7 Å². The number of carbonyl (C=O) groups is 3. The van der Waals surface area contributed by atoms with Crippen molar-refractivity contribution in [1.29, 1.82) is 0 Å². The van der Waals surface area contributed by atoms with Crippen molar-refractivity contribution in [3.05, 3.63) is 75.2 Å². The molecule has 0 bridgehead atoms. The normalized spacial score (nSPS) is 17.7. The second-order valence-electron chi connectivity index (χ2n) is 9.23. The highest BCUT2D eigenvalue weighted by Crippen LogP contribution is 2.50. The smallest absolute Gasteiger partial charge is 0.262 e. The van der Waals surface area contributed by atoms with Gasteiger partial charge in [0.25, 0.3) is 5.91 Å². The highest BCUT2D eigenvalue weighted by atomic mass is 79.9. The molecule has 7 nitrogen and oxygen atoms in total. The predicted octanol–water partition coefficient (Wildman–Crippen LogP) is 5.99. The van der Waals surface area contributed by atoms with Gasteiger partial charge in [-0.1, -0.05) is 18.2 Å². The third-order valence-corrected chi connectivity index (χ3v) is 7.30. The van der Waals surface area contributed by atoms with Gasteiger partial charge >= 0.3 is 0 Å². The van der Waals surface area contributed by atoms with Gasteiger partial charge in [-0.15, -0.1) is 0 Å². The van der Waals surface area contributed by atoms with E-state index >= 15 is 0 Å². The van der Waals surface area contributed by atoms with Crippen LogP contribution in [0, 0.1) is 0 Å². The number of para-hydroxylation sites is 1. The molecule has 0 aromatic heterocycles. The zero-order valence-corrected chi connectivity index (χ0v) is 22.2. The van der Waals surface area contributed by atoms with Crippen molar-refractivity contribution in [2.45, 2.75) is 51.4 Å². The molecule has 0 spiro atoms. The van der Waals surface area contributed by atoms with Crippen LogP contribution in [0.1, 0.15) is 56.9 Å². The summed E-state index contributed by atoms with van der Waals surface area (Å²) in [4.78, 5) is 38.7. The summed E-state index contributed by atoms with van der Waals surface area (Å²) in [5.41, 5.74) is 2.58. The Bertz CT molecular complexity index is 1270. The van der Waals surface area contributed by atoms with E-state index in [2.05, 4.69) is 21.2 Å². The number of ketones is 2. The maximum atomic E-state index is 13.1. The molecule has 37 heavy (non-hydrogen) atoms. The molecule has 0 unspecified atom stereocenters. The second-order valence-corrected chi connectivity index (χ2v) is 10.1. The second kappa shape index (κ2) is 10.9. The molecular weight excluding hydrogens is 538 g/mol. The number of rotatable bonds is 7. The molecule has 0 saturated heterocycles. The fraction of sp³-hybridized carbons (Fsp3) is 0.345. The van der Waals surface area contributed by atoms with Gasteiger partial charge in [0.1, 0.15) is 11.5 Å². The lowest BCUT2D eigenvalue weighted by molar-refractivity contribution is -0.119. The summed E-state index contributed by atoms with van der Waals surface area (Å²) >= 11 is 3.59. The van der Waals surface area contributed by atoms with Gasteiger partial charge in [0, 0.05) is 48.4 Å². The largest absolute Gasteiger partial charge is 0.490 e. The first-order valence-electron chi connectivity index (χ1n) is 12.6. The lowest BCUT2D eigenvalue weighted by Crippen LogP contribution is -2.30. The van der Waals surface area contributed by atoms with Crippen LogP contribution in [0.5, 0.6) is 11.5 Å². The fourth-order valence-electron chi connectivity index (χ4n) is 5.16. The third-order valence-electron chi connectivity index (χ3n) is 6.71. The van der Waals surface area contributed by atoms with Gasteiger partial charge in [-0.3, -0.25) is 14.4 Å². The summed E-state index contributed by atoms with van der Waals surface area (Å²) in [6.07, 6.45) is 3.72. The van der Waals surface area contributed by atoms with Gasteiger partial charge < -0.3 is 19.5 Å². The first-order valence-corrected chi connectivity index (χ1v) is 13.4. The minimum Gasteiger partial charge on any atom is -0.490 e. The van der Waals surface area contributed by atoms with Gasteiger partial charge in [-0.25, -0.2) is 0 Å². The van der Waals surface area contributed by atoms with Gasteiger partial charge in [-0.05, 0) is 65.5 Å². The molecule has 1 heterocycles. The summed E-state index contributed by atoms with van der Waals surface area (Å²) in [5.74, 6) is 1.40. The quantitative estimate of drug-likeness (QED) is 0.443. The number of hydrogen-bond donors (Lipinski definition) is 1. The summed E-state index contributed by atoms with van der Waals surface area (Å²) in [6.45, 7) is 2.01. The lowest BCUT2D eigenvalue weighted by atomic mass is 9.73. The van der Waals surface area contributed by atoms with Crippen LogP contribution < -0.4 is 14.8 Å². The summed E-state index contributed by atoms with van der Waals surface area (Å²) < 4.78 is 18.5. The van der Waals surface area contributed by atoms with E-state index in [4.69, 9.17) is 14.2 Å². The number of anilines is 1. The number of hydrogen-bond acceptors (Lipinski definition) is 6. The molecule has 192 valence electrons. The molecule has 1 aliphatic heterocycles. The number of amides is 1. The number of halogens is 1. The van der Waals surface area contributed by atoms with Crippen LogP contribution in [0.3, 0.4) is 0 Å². The first-order chi connectivity index (χ1) is 18.0. The standard InChI is InChI=1S/C29H28BrNO6/c1-2-35-24-15-17(14-19(30)29(24)36-16-25(34)31-18-8-4-3-5-9-18)26-27-20(32)10-6-12-22(27)37-23-13-7-11-21(33)28(23)26/h3-5,8-9,14-15,26H,2,6-7,10-13,16H2,1H3,(H,31,34). The predicted molar refractivity (Wildman–Crippen MR) is 141 cm³/mol. The zero-order chi connectivity index (χ0) is 25.9. The van der Waals surface area contributed by atoms with E-state index in [0.717, 1.165) is 18.4 Å². The van der Waals surface area contributed by atoms with Crippen LogP contribution in [-0.2, 0) is 19.1 Å². The molecule has 0 fully saturated rings. The Morgan fingerprint density at radius 1 is 0.973 bits per heavy atom. The van der Waals surface area contributed by atoms with Gasteiger partial charge in [0.05, 0.1) is 11.1 Å². The zero-order valence-electron chi connectivity index (χ0n) is 20.6. The van der Waals surface area contributed by atoms with Crippen LogP contribution in [0.4, 0.5) is 5.69 Å². The highest BCUT2D eigenvalue weighted by molar-refractivity contribution is 9.10. The highest BCUT2D eigenvalue weighted by Gasteiger charge is 2.42. The number of allylic oxidation sites excluding steroid dienone is 4. The Kier molecular flexibility index (Phi) is 7.46. The van der Waals surface area contributed by atoms with Crippen molar-refractivity contribution >= 4 is 39.1 Å². The van der Waals surface area contributed by atoms with E-state index in [9.17, 15) is 14.4 Å². The first kappa shape index (κ1) is 25.3. The van der Waals surface area contributed by atoms with Crippen molar-refractivity contribution in [3.63, 3.8) is 0 Å². The molecule has 3 aliphatic rings. The van der Waals surface area contributed by atoms with E-state index < -0.39 is 5.92 Å². The van der Waals surface area contributed by atoms with Crippen molar-refractivity contribution in [2.24, 2.45) is 0 Å². The minimum atomic E-state index is -0.509. The third kappa shape index (κ3) is 5.21. The Labute approximate surface area is 224 Å². The molecule has 1 amide bonds. The number of carbonyl (C=O) groups excluding carboxylic acids is 3. The minimum absolute atomic E-state index is 0.0168. The monoisotopic (exact) mass is 565 g/mol. The van der Waals surface area contributed by atoms with Gasteiger partial charge in [0.2, 0.25) is 0 Å². The Balaban J connectivity index is 1.49. The molecule has 2 aromatic rings. The summed E-state index contributed by atoms with van der Waals surface area (Å²) in [5, 5.41) is 2.80. The molecule has 1 N–H and O–H groups in total. The number of Topliss-reactive ketones (excluding diaryl/α,β-unsaturated/α-hetero) is 2. The van der Waals surface area contributed by atoms with Crippen LogP contribution in [0.2, 0.25) is 0 Å². The van der Waals surface area contributed by atoms with E-state index in [1.807, 2.05) is 37.3 Å². The SMILES string of the molecule is CCOc1cc(C2C3=C(CCCC3=O)OC3=C2C(=O)CCC3)cc(Br)c1OCC(=O)Nc1ccccc1. The Hall–Kier alpha value is -3.39. The maximum Gasteiger partial charge on any atom is 0.262 e. The van der Waals surface area contributed by atoms with E-state index in [0.29, 0.717) is 76.6 Å². The van der Waals surface area contributed by atoms with Gasteiger partial charge in [0.15, 0.2) is 29.7 Å². The molecule has 5 rings (SSSR count). The van der Waals surface area contributed by atoms with Crippen LogP contribution >= 0.6 is 15.9 Å². The molecule has 8 heteroatoms. The van der Waals surface area contributed by atoms with Crippen molar-refractivity contribution in [1.82, 2.24) is 0 Å². The van der Waals surface area contributed by atoms with E-state index in [1.165, 1.54) is 0 Å². The molecular formula is C29H28BrNO6. The Morgan fingerprint density at radius 3 is 2.24 bits per heavy atom. The number of ether oxygens (including phenoxy) is 3. The summed E-state index contributed by atoms with van der Waals surface area (Å²) in [6, 6.07) is 12.8. The van der Waals surface area contributed by atoms with E-state index in [1.54, 1.807) is 12.1 Å². The van der Waals surface area contributed by atoms with Gasteiger partial charge in [-0.2, -0.15) is 0 Å². The molecule has 2 aliphatic carbocycles. The van der Waals surface area contributed by atoms with Crippen molar-refractivity contribution < 1.29 is 28.6 Å². The average Bonchev–Trinajstić information content (AvgIpc) is 2.88. The van der Waals surface area contributed by atoms with E-state index in [-0.39, 0.29) is 24.1 Å². The number of benzene rings is 2.